The van der Waals surface area contributed by atoms with E-state index in [1.54, 1.807) is 6.07 Å². The van der Waals surface area contributed by atoms with Crippen LogP contribution in [0.15, 0.2) is 72.8 Å². The minimum atomic E-state index is 0.114. The molecule has 3 rings (SSSR count). The lowest BCUT2D eigenvalue weighted by Crippen LogP contribution is -2.18. The van der Waals surface area contributed by atoms with Crippen molar-refractivity contribution in [2.45, 2.75) is 19.5 Å². The zero-order valence-corrected chi connectivity index (χ0v) is 15.4. The molecule has 0 saturated carbocycles. The van der Waals surface area contributed by atoms with E-state index in [1.807, 2.05) is 60.7 Å². The fourth-order valence-corrected chi connectivity index (χ4v) is 3.15. The SMILES string of the molecule is C[C@@H](NCc1cccc(Oc2ccccc2)c1)c1ccc(Cl)cc1Cl. The molecule has 1 atom stereocenters. The van der Waals surface area contributed by atoms with Gasteiger partial charge in [0.05, 0.1) is 0 Å². The maximum atomic E-state index is 6.28. The number of ether oxygens (including phenoxy) is 1. The highest BCUT2D eigenvalue weighted by molar-refractivity contribution is 6.35. The van der Waals surface area contributed by atoms with Crippen molar-refractivity contribution in [2.75, 3.05) is 0 Å². The summed E-state index contributed by atoms with van der Waals surface area (Å²) in [5.41, 5.74) is 2.17. The van der Waals surface area contributed by atoms with Crippen LogP contribution in [0.5, 0.6) is 11.5 Å². The largest absolute Gasteiger partial charge is 0.457 e. The Morgan fingerprint density at radius 3 is 2.40 bits per heavy atom. The van der Waals surface area contributed by atoms with E-state index >= 15 is 0 Å². The molecule has 3 aromatic rings. The van der Waals surface area contributed by atoms with Crippen LogP contribution < -0.4 is 10.1 Å². The molecule has 128 valence electrons. The summed E-state index contributed by atoms with van der Waals surface area (Å²) in [4.78, 5) is 0. The fraction of sp³-hybridized carbons (Fsp3) is 0.143. The molecule has 0 bridgehead atoms. The third-order valence-corrected chi connectivity index (χ3v) is 4.48. The summed E-state index contributed by atoms with van der Waals surface area (Å²) in [7, 11) is 0. The van der Waals surface area contributed by atoms with Crippen molar-refractivity contribution >= 4 is 23.2 Å². The van der Waals surface area contributed by atoms with Crippen LogP contribution in [0, 0.1) is 0 Å². The van der Waals surface area contributed by atoms with Crippen molar-refractivity contribution in [3.8, 4) is 11.5 Å². The predicted octanol–water partition coefficient (Wildman–Crippen LogP) is 6.64. The first-order valence-corrected chi connectivity index (χ1v) is 8.87. The number of hydrogen-bond acceptors (Lipinski definition) is 2. The number of rotatable bonds is 6. The van der Waals surface area contributed by atoms with Gasteiger partial charge >= 0.3 is 0 Å². The number of halogens is 2. The van der Waals surface area contributed by atoms with Crippen LogP contribution >= 0.6 is 23.2 Å². The summed E-state index contributed by atoms with van der Waals surface area (Å²) in [6.45, 7) is 2.80. The number of benzene rings is 3. The van der Waals surface area contributed by atoms with E-state index in [0.717, 1.165) is 22.6 Å². The van der Waals surface area contributed by atoms with Crippen molar-refractivity contribution in [3.63, 3.8) is 0 Å². The molecular weight excluding hydrogens is 353 g/mol. The van der Waals surface area contributed by atoms with Crippen molar-refractivity contribution in [1.82, 2.24) is 5.32 Å². The monoisotopic (exact) mass is 371 g/mol. The van der Waals surface area contributed by atoms with Gasteiger partial charge in [0.1, 0.15) is 11.5 Å². The fourth-order valence-electron chi connectivity index (χ4n) is 2.58. The van der Waals surface area contributed by atoms with Gasteiger partial charge in [-0.05, 0) is 54.4 Å². The van der Waals surface area contributed by atoms with Gasteiger partial charge in [0.25, 0.3) is 0 Å². The Morgan fingerprint density at radius 1 is 0.880 bits per heavy atom. The van der Waals surface area contributed by atoms with Crippen molar-refractivity contribution < 1.29 is 4.74 Å². The third kappa shape index (κ3) is 4.99. The second-order valence-electron chi connectivity index (χ2n) is 5.83. The van der Waals surface area contributed by atoms with Gasteiger partial charge in [0.2, 0.25) is 0 Å². The summed E-state index contributed by atoms with van der Waals surface area (Å²) in [6.07, 6.45) is 0. The summed E-state index contributed by atoms with van der Waals surface area (Å²) < 4.78 is 5.88. The molecule has 0 unspecified atom stereocenters. The minimum Gasteiger partial charge on any atom is -0.457 e. The molecule has 2 nitrogen and oxygen atoms in total. The van der Waals surface area contributed by atoms with Gasteiger partial charge in [-0.1, -0.05) is 59.6 Å². The molecule has 1 N–H and O–H groups in total. The van der Waals surface area contributed by atoms with Gasteiger partial charge in [-0.25, -0.2) is 0 Å². The Balaban J connectivity index is 1.64. The van der Waals surface area contributed by atoms with Gasteiger partial charge in [-0.2, -0.15) is 0 Å². The zero-order chi connectivity index (χ0) is 17.6. The highest BCUT2D eigenvalue weighted by atomic mass is 35.5. The van der Waals surface area contributed by atoms with E-state index in [2.05, 4.69) is 18.3 Å². The van der Waals surface area contributed by atoms with E-state index in [1.165, 1.54) is 0 Å². The van der Waals surface area contributed by atoms with Crippen LogP contribution in [-0.4, -0.2) is 0 Å². The van der Waals surface area contributed by atoms with Crippen LogP contribution in [0.2, 0.25) is 10.0 Å². The quantitative estimate of drug-likeness (QED) is 0.524. The molecule has 0 fully saturated rings. The van der Waals surface area contributed by atoms with Crippen LogP contribution in [0.25, 0.3) is 0 Å². The molecule has 0 saturated heterocycles. The lowest BCUT2D eigenvalue weighted by atomic mass is 10.1. The van der Waals surface area contributed by atoms with Gasteiger partial charge < -0.3 is 10.1 Å². The van der Waals surface area contributed by atoms with Gasteiger partial charge in [0.15, 0.2) is 0 Å². The van der Waals surface area contributed by atoms with Crippen LogP contribution in [0.1, 0.15) is 24.1 Å². The molecule has 0 heterocycles. The summed E-state index contributed by atoms with van der Waals surface area (Å²) in [5.74, 6) is 1.65. The summed E-state index contributed by atoms with van der Waals surface area (Å²) in [6, 6.07) is 23.5. The zero-order valence-electron chi connectivity index (χ0n) is 13.9. The normalized spacial score (nSPS) is 12.0. The van der Waals surface area contributed by atoms with E-state index in [-0.39, 0.29) is 6.04 Å². The molecule has 0 aliphatic rings. The van der Waals surface area contributed by atoms with Crippen LogP contribution in [0.3, 0.4) is 0 Å². The predicted molar refractivity (Wildman–Crippen MR) is 105 cm³/mol. The molecule has 3 aromatic carbocycles. The maximum absolute atomic E-state index is 6.28. The number of nitrogens with one attached hydrogen (secondary N) is 1. The highest BCUT2D eigenvalue weighted by Gasteiger charge is 2.10. The molecule has 0 aliphatic carbocycles. The molecule has 0 aromatic heterocycles. The number of hydrogen-bond donors (Lipinski definition) is 1. The third-order valence-electron chi connectivity index (χ3n) is 3.92. The van der Waals surface area contributed by atoms with Gasteiger partial charge in [0, 0.05) is 22.6 Å². The lowest BCUT2D eigenvalue weighted by molar-refractivity contribution is 0.481. The molecule has 0 amide bonds. The Bertz CT molecular complexity index is 836. The first kappa shape index (κ1) is 17.8. The summed E-state index contributed by atoms with van der Waals surface area (Å²) >= 11 is 12.2. The smallest absolute Gasteiger partial charge is 0.127 e. The summed E-state index contributed by atoms with van der Waals surface area (Å²) in [5, 5.41) is 4.80. The lowest BCUT2D eigenvalue weighted by Gasteiger charge is -2.16. The van der Waals surface area contributed by atoms with Gasteiger partial charge in [-0.3, -0.25) is 0 Å². The molecule has 0 radical (unpaired) electrons. The molecule has 25 heavy (non-hydrogen) atoms. The number of para-hydroxylation sites is 1. The van der Waals surface area contributed by atoms with E-state index in [9.17, 15) is 0 Å². The first-order chi connectivity index (χ1) is 12.1. The first-order valence-electron chi connectivity index (χ1n) is 8.12. The average Bonchev–Trinajstić information content (AvgIpc) is 2.61. The van der Waals surface area contributed by atoms with Crippen LogP contribution in [-0.2, 0) is 6.54 Å². The second kappa shape index (κ2) is 8.39. The van der Waals surface area contributed by atoms with Crippen molar-refractivity contribution in [3.05, 3.63) is 94.0 Å². The Labute approximate surface area is 158 Å². The molecule has 0 aliphatic heterocycles. The molecule has 4 heteroatoms. The van der Waals surface area contributed by atoms with Gasteiger partial charge in [-0.15, -0.1) is 0 Å². The topological polar surface area (TPSA) is 21.3 Å². The minimum absolute atomic E-state index is 0.114. The van der Waals surface area contributed by atoms with E-state index < -0.39 is 0 Å². The molecule has 0 spiro atoms. The Morgan fingerprint density at radius 2 is 1.64 bits per heavy atom. The standard InChI is InChI=1S/C21H19Cl2NO/c1-15(20-11-10-17(22)13-21(20)23)24-14-16-6-5-9-19(12-16)25-18-7-3-2-4-8-18/h2-13,15,24H,14H2,1H3/t15-/m1/s1. The van der Waals surface area contributed by atoms with Crippen molar-refractivity contribution in [1.29, 1.82) is 0 Å². The Hall–Kier alpha value is -2.00. The average molecular weight is 372 g/mol. The molecular formula is C21H19Cl2NO. The van der Waals surface area contributed by atoms with E-state index in [4.69, 9.17) is 27.9 Å². The maximum Gasteiger partial charge on any atom is 0.127 e. The van der Waals surface area contributed by atoms with E-state index in [0.29, 0.717) is 16.6 Å². The Kier molecular flexibility index (Phi) is 5.98. The van der Waals surface area contributed by atoms with Crippen LogP contribution in [0.4, 0.5) is 0 Å². The highest BCUT2D eigenvalue weighted by Crippen LogP contribution is 2.27. The second-order valence-corrected chi connectivity index (χ2v) is 6.67. The van der Waals surface area contributed by atoms with Crippen molar-refractivity contribution in [2.24, 2.45) is 0 Å².